The summed E-state index contributed by atoms with van der Waals surface area (Å²) in [5.74, 6) is -0.355. The van der Waals surface area contributed by atoms with Gasteiger partial charge in [-0.15, -0.1) is 0 Å². The molecule has 0 saturated carbocycles. The number of ketones is 1. The molecule has 22 heavy (non-hydrogen) atoms. The van der Waals surface area contributed by atoms with Crippen molar-refractivity contribution in [2.75, 3.05) is 17.6 Å². The minimum absolute atomic E-state index is 0.103. The van der Waals surface area contributed by atoms with E-state index in [-0.39, 0.29) is 16.2 Å². The number of carbonyl (C=O) groups excluding carboxylic acids is 1. The zero-order valence-corrected chi connectivity index (χ0v) is 13.6. The fraction of sp³-hybridized carbons (Fsp3) is 0.133. The number of benzene rings is 2. The van der Waals surface area contributed by atoms with E-state index in [1.54, 1.807) is 24.3 Å². The summed E-state index contributed by atoms with van der Waals surface area (Å²) in [4.78, 5) is 12.9. The average Bonchev–Trinajstić information content (AvgIpc) is 2.57. The molecule has 0 fully saturated rings. The molecule has 7 heteroatoms. The van der Waals surface area contributed by atoms with Crippen molar-refractivity contribution in [2.24, 2.45) is 0 Å². The number of rotatable bonds is 1. The van der Waals surface area contributed by atoms with Crippen molar-refractivity contribution in [3.05, 3.63) is 53.6 Å². The van der Waals surface area contributed by atoms with Crippen molar-refractivity contribution in [2.45, 2.75) is 9.79 Å². The Bertz CT molecular complexity index is 875. The third kappa shape index (κ3) is 2.13. The Morgan fingerprint density at radius 2 is 1.77 bits per heavy atom. The maximum absolute atomic E-state index is 12.8. The van der Waals surface area contributed by atoms with E-state index in [0.717, 1.165) is 4.31 Å². The number of hydrogen-bond acceptors (Lipinski definition) is 4. The number of sulfonamides is 1. The number of carbonyl (C=O) groups is 1. The second-order valence-electron chi connectivity index (χ2n) is 4.93. The SMILES string of the molecule is CN1c2ccccc2C(=O)c2ccc([S+](C)[O-])cc2S1(=O)=O. The molecule has 1 atom stereocenters. The highest BCUT2D eigenvalue weighted by Crippen LogP contribution is 2.34. The molecule has 3 rings (SSSR count). The zero-order chi connectivity index (χ0) is 16.1. The van der Waals surface area contributed by atoms with Crippen molar-refractivity contribution in [1.29, 1.82) is 0 Å². The zero-order valence-electron chi connectivity index (χ0n) is 11.9. The third-order valence-electron chi connectivity index (χ3n) is 3.66. The summed E-state index contributed by atoms with van der Waals surface area (Å²) >= 11 is -1.33. The molecule has 1 aliphatic rings. The second kappa shape index (κ2) is 5.12. The Balaban J connectivity index is 2.37. The van der Waals surface area contributed by atoms with Crippen LogP contribution in [-0.4, -0.2) is 32.1 Å². The molecule has 0 aromatic heterocycles. The average molecular weight is 335 g/mol. The highest BCUT2D eigenvalue weighted by atomic mass is 32.2. The normalized spacial score (nSPS) is 17.4. The van der Waals surface area contributed by atoms with Gasteiger partial charge in [0.1, 0.15) is 11.2 Å². The molecule has 5 nitrogen and oxygen atoms in total. The van der Waals surface area contributed by atoms with E-state index < -0.39 is 21.2 Å². The predicted octanol–water partition coefficient (Wildman–Crippen LogP) is 1.79. The van der Waals surface area contributed by atoms with Gasteiger partial charge in [-0.2, -0.15) is 0 Å². The van der Waals surface area contributed by atoms with Gasteiger partial charge in [-0.3, -0.25) is 9.10 Å². The van der Waals surface area contributed by atoms with Crippen molar-refractivity contribution in [3.8, 4) is 0 Å². The van der Waals surface area contributed by atoms with Crippen molar-refractivity contribution in [3.63, 3.8) is 0 Å². The summed E-state index contributed by atoms with van der Waals surface area (Å²) in [5, 5.41) is 0. The minimum atomic E-state index is -3.88. The van der Waals surface area contributed by atoms with Gasteiger partial charge in [0.05, 0.1) is 5.69 Å². The molecule has 1 heterocycles. The van der Waals surface area contributed by atoms with Gasteiger partial charge >= 0.3 is 0 Å². The maximum atomic E-state index is 12.8. The van der Waals surface area contributed by atoms with Gasteiger partial charge in [-0.1, -0.05) is 12.1 Å². The lowest BCUT2D eigenvalue weighted by Gasteiger charge is -2.19. The molecule has 0 amide bonds. The summed E-state index contributed by atoms with van der Waals surface area (Å²) in [7, 11) is -2.47. The molecule has 0 radical (unpaired) electrons. The molecule has 0 N–H and O–H groups in total. The first kappa shape index (κ1) is 15.1. The van der Waals surface area contributed by atoms with Crippen molar-refractivity contribution >= 4 is 32.7 Å². The topological polar surface area (TPSA) is 77.5 Å². The Morgan fingerprint density at radius 3 is 2.45 bits per heavy atom. The summed E-state index contributed by atoms with van der Waals surface area (Å²) < 4.78 is 38.3. The fourth-order valence-electron chi connectivity index (χ4n) is 2.44. The van der Waals surface area contributed by atoms with Crippen LogP contribution in [-0.2, 0) is 21.2 Å². The lowest BCUT2D eigenvalue weighted by Crippen LogP contribution is -2.26. The molecule has 114 valence electrons. The van der Waals surface area contributed by atoms with E-state index in [1.165, 1.54) is 31.5 Å². The van der Waals surface area contributed by atoms with Crippen LogP contribution < -0.4 is 4.31 Å². The van der Waals surface area contributed by atoms with Crippen LogP contribution in [0.4, 0.5) is 5.69 Å². The van der Waals surface area contributed by atoms with Crippen LogP contribution in [0.1, 0.15) is 15.9 Å². The van der Waals surface area contributed by atoms with Gasteiger partial charge in [0.25, 0.3) is 10.0 Å². The molecule has 2 aromatic rings. The largest absolute Gasteiger partial charge is 0.612 e. The molecular formula is C15H13NO4S2. The Kier molecular flexibility index (Phi) is 3.51. The number of fused-ring (bicyclic) bond motifs is 2. The van der Waals surface area contributed by atoms with E-state index in [9.17, 15) is 17.8 Å². The molecule has 1 unspecified atom stereocenters. The van der Waals surface area contributed by atoms with E-state index in [1.807, 2.05) is 0 Å². The van der Waals surface area contributed by atoms with Crippen LogP contribution in [0.2, 0.25) is 0 Å². The van der Waals surface area contributed by atoms with E-state index in [0.29, 0.717) is 16.1 Å². The van der Waals surface area contributed by atoms with Crippen LogP contribution in [0.5, 0.6) is 0 Å². The summed E-state index contributed by atoms with van der Waals surface area (Å²) in [5.41, 5.74) is 0.770. The van der Waals surface area contributed by atoms with Gasteiger partial charge in [-0.05, 0) is 35.4 Å². The van der Waals surface area contributed by atoms with Crippen LogP contribution >= 0.6 is 0 Å². The monoisotopic (exact) mass is 335 g/mol. The van der Waals surface area contributed by atoms with Gasteiger partial charge in [0.2, 0.25) is 0 Å². The van der Waals surface area contributed by atoms with Gasteiger partial charge in [0, 0.05) is 24.2 Å². The molecule has 0 spiro atoms. The smallest absolute Gasteiger partial charge is 0.265 e. The first-order chi connectivity index (χ1) is 10.3. The van der Waals surface area contributed by atoms with E-state index in [2.05, 4.69) is 0 Å². The Morgan fingerprint density at radius 1 is 1.09 bits per heavy atom. The van der Waals surface area contributed by atoms with Gasteiger partial charge in [0.15, 0.2) is 10.7 Å². The number of anilines is 1. The summed E-state index contributed by atoms with van der Waals surface area (Å²) in [6, 6.07) is 10.8. The van der Waals surface area contributed by atoms with Crippen LogP contribution in [0.3, 0.4) is 0 Å². The van der Waals surface area contributed by atoms with E-state index >= 15 is 0 Å². The third-order valence-corrected chi connectivity index (χ3v) is 6.39. The molecule has 1 aliphatic heterocycles. The fourth-order valence-corrected chi connectivity index (χ4v) is 4.49. The standard InChI is InChI=1S/C15H13NO4S2/c1-16-13-6-4-3-5-11(13)15(17)12-8-7-10(21(2)18)9-14(12)22(16,19)20/h3-9H,1-2H3. The van der Waals surface area contributed by atoms with Crippen molar-refractivity contribution in [1.82, 2.24) is 0 Å². The van der Waals surface area contributed by atoms with Crippen molar-refractivity contribution < 1.29 is 17.8 Å². The highest BCUT2D eigenvalue weighted by Gasteiger charge is 2.34. The van der Waals surface area contributed by atoms with Crippen LogP contribution in [0.25, 0.3) is 0 Å². The second-order valence-corrected chi connectivity index (χ2v) is 8.25. The first-order valence-electron chi connectivity index (χ1n) is 6.44. The van der Waals surface area contributed by atoms with Gasteiger partial charge < -0.3 is 4.55 Å². The van der Waals surface area contributed by atoms with Gasteiger partial charge in [-0.25, -0.2) is 8.42 Å². The number of hydrogen-bond donors (Lipinski definition) is 0. The Labute approximate surface area is 131 Å². The van der Waals surface area contributed by atoms with E-state index in [4.69, 9.17) is 0 Å². The molecular weight excluding hydrogens is 322 g/mol. The molecule has 2 aromatic carbocycles. The first-order valence-corrected chi connectivity index (χ1v) is 9.44. The summed E-state index contributed by atoms with van der Waals surface area (Å²) in [6.07, 6.45) is 1.46. The number of nitrogens with zero attached hydrogens (tertiary/aromatic N) is 1. The molecule has 0 saturated heterocycles. The maximum Gasteiger partial charge on any atom is 0.265 e. The van der Waals surface area contributed by atoms with Crippen LogP contribution in [0, 0.1) is 0 Å². The molecule has 0 bridgehead atoms. The molecule has 0 aliphatic carbocycles. The number of para-hydroxylation sites is 1. The quantitative estimate of drug-likeness (QED) is 0.745. The lowest BCUT2D eigenvalue weighted by molar-refractivity contribution is 0.103. The highest BCUT2D eigenvalue weighted by molar-refractivity contribution is 7.93. The lowest BCUT2D eigenvalue weighted by atomic mass is 10.0. The predicted molar refractivity (Wildman–Crippen MR) is 84.2 cm³/mol. The Hall–Kier alpha value is -1.83. The van der Waals surface area contributed by atoms with Crippen LogP contribution in [0.15, 0.2) is 52.3 Å². The minimum Gasteiger partial charge on any atom is -0.612 e. The summed E-state index contributed by atoms with van der Waals surface area (Å²) in [6.45, 7) is 0.